The third-order valence-electron chi connectivity index (χ3n) is 1.82. The third-order valence-corrected chi connectivity index (χ3v) is 2.77. The highest BCUT2D eigenvalue weighted by molar-refractivity contribution is 7.12. The highest BCUT2D eigenvalue weighted by atomic mass is 32.1. The highest BCUT2D eigenvalue weighted by Crippen LogP contribution is 2.22. The van der Waals surface area contributed by atoms with E-state index >= 15 is 0 Å². The molecule has 0 atom stereocenters. The summed E-state index contributed by atoms with van der Waals surface area (Å²) in [5.74, 6) is 0.312. The van der Waals surface area contributed by atoms with Gasteiger partial charge in [0.1, 0.15) is 0 Å². The van der Waals surface area contributed by atoms with Gasteiger partial charge in [-0.2, -0.15) is 0 Å². The van der Waals surface area contributed by atoms with Crippen LogP contribution in [0.15, 0.2) is 11.4 Å². The lowest BCUT2D eigenvalue weighted by Gasteiger charge is -2.06. The van der Waals surface area contributed by atoms with Crippen molar-refractivity contribution in [2.75, 3.05) is 5.32 Å². The summed E-state index contributed by atoms with van der Waals surface area (Å²) < 4.78 is 0. The molecule has 0 fully saturated rings. The van der Waals surface area contributed by atoms with Crippen molar-refractivity contribution in [2.45, 2.75) is 33.7 Å². The molecule has 3 heteroatoms. The Bertz CT molecular complexity index is 315. The van der Waals surface area contributed by atoms with Gasteiger partial charge in [-0.3, -0.25) is 4.79 Å². The first-order valence-electron chi connectivity index (χ1n) is 4.90. The van der Waals surface area contributed by atoms with Gasteiger partial charge >= 0.3 is 0 Å². The minimum absolute atomic E-state index is 0.0838. The Kier molecular flexibility index (Phi) is 3.69. The number of carbonyl (C=O) groups is 1. The van der Waals surface area contributed by atoms with Crippen LogP contribution in [0.2, 0.25) is 0 Å². The maximum atomic E-state index is 11.6. The summed E-state index contributed by atoms with van der Waals surface area (Å²) in [6, 6.07) is 2.35. The molecule has 0 aliphatic carbocycles. The van der Waals surface area contributed by atoms with E-state index in [2.05, 4.69) is 19.2 Å². The molecule has 1 aromatic heterocycles. The molecule has 14 heavy (non-hydrogen) atoms. The van der Waals surface area contributed by atoms with Crippen LogP contribution in [-0.2, 0) is 0 Å². The predicted molar refractivity (Wildman–Crippen MR) is 62.2 cm³/mol. The summed E-state index contributed by atoms with van der Waals surface area (Å²) in [6.07, 6.45) is 0. The number of anilines is 1. The zero-order valence-corrected chi connectivity index (χ0v) is 9.94. The second-order valence-corrected chi connectivity index (χ2v) is 4.93. The van der Waals surface area contributed by atoms with Crippen molar-refractivity contribution in [3.8, 4) is 0 Å². The van der Waals surface area contributed by atoms with Crippen molar-refractivity contribution in [3.63, 3.8) is 0 Å². The van der Waals surface area contributed by atoms with E-state index in [-0.39, 0.29) is 11.7 Å². The first-order chi connectivity index (χ1) is 6.50. The lowest BCUT2D eigenvalue weighted by Crippen LogP contribution is -2.09. The van der Waals surface area contributed by atoms with Crippen LogP contribution >= 0.6 is 11.3 Å². The molecular weight excluding hydrogens is 194 g/mol. The molecule has 0 spiro atoms. The van der Waals surface area contributed by atoms with E-state index in [1.807, 2.05) is 25.3 Å². The third kappa shape index (κ3) is 2.84. The summed E-state index contributed by atoms with van der Waals surface area (Å²) >= 11 is 1.52. The molecule has 0 aromatic carbocycles. The average Bonchev–Trinajstić information content (AvgIpc) is 2.50. The van der Waals surface area contributed by atoms with Gasteiger partial charge in [-0.1, -0.05) is 13.8 Å². The van der Waals surface area contributed by atoms with Crippen LogP contribution in [0.25, 0.3) is 0 Å². The van der Waals surface area contributed by atoms with E-state index in [4.69, 9.17) is 0 Å². The standard InChI is InChI=1S/C11H17NOS/c1-7(2)11(13)10-5-9(6-14-10)12-8(3)4/h5-8,12H,1-4H3. The lowest BCUT2D eigenvalue weighted by molar-refractivity contribution is 0.0943. The average molecular weight is 211 g/mol. The summed E-state index contributed by atoms with van der Waals surface area (Å²) in [5, 5.41) is 5.27. The van der Waals surface area contributed by atoms with Gasteiger partial charge in [-0.05, 0) is 19.9 Å². The fourth-order valence-corrected chi connectivity index (χ4v) is 2.10. The van der Waals surface area contributed by atoms with E-state index in [0.29, 0.717) is 6.04 Å². The normalized spacial score (nSPS) is 11.0. The quantitative estimate of drug-likeness (QED) is 0.773. The van der Waals surface area contributed by atoms with Crippen LogP contribution < -0.4 is 5.32 Å². The summed E-state index contributed by atoms with van der Waals surface area (Å²) in [7, 11) is 0. The van der Waals surface area contributed by atoms with Crippen molar-refractivity contribution >= 4 is 22.8 Å². The number of hydrogen-bond acceptors (Lipinski definition) is 3. The molecule has 0 aliphatic heterocycles. The van der Waals surface area contributed by atoms with Crippen molar-refractivity contribution < 1.29 is 4.79 Å². The molecule has 1 rings (SSSR count). The Balaban J connectivity index is 2.73. The molecule has 2 nitrogen and oxygen atoms in total. The smallest absolute Gasteiger partial charge is 0.175 e. The molecule has 0 aliphatic rings. The van der Waals surface area contributed by atoms with Gasteiger partial charge in [0.05, 0.1) is 4.88 Å². The molecule has 0 bridgehead atoms. The number of rotatable bonds is 4. The number of hydrogen-bond donors (Lipinski definition) is 1. The second kappa shape index (κ2) is 4.60. The van der Waals surface area contributed by atoms with Gasteiger partial charge in [0.25, 0.3) is 0 Å². The van der Waals surface area contributed by atoms with Gasteiger partial charge < -0.3 is 5.32 Å². The number of Topliss-reactive ketones (excluding diaryl/α,β-unsaturated/α-hetero) is 1. The molecule has 0 saturated carbocycles. The van der Waals surface area contributed by atoms with Gasteiger partial charge in [0.15, 0.2) is 5.78 Å². The van der Waals surface area contributed by atoms with E-state index in [1.165, 1.54) is 11.3 Å². The summed E-state index contributed by atoms with van der Waals surface area (Å²) in [6.45, 7) is 8.03. The SMILES string of the molecule is CC(C)Nc1csc(C(=O)C(C)C)c1. The lowest BCUT2D eigenvalue weighted by atomic mass is 10.1. The Hall–Kier alpha value is -0.830. The Morgan fingerprint density at radius 1 is 1.36 bits per heavy atom. The van der Waals surface area contributed by atoms with Crippen LogP contribution in [-0.4, -0.2) is 11.8 Å². The minimum atomic E-state index is 0.0838. The van der Waals surface area contributed by atoms with Crippen molar-refractivity contribution in [2.24, 2.45) is 5.92 Å². The first-order valence-corrected chi connectivity index (χ1v) is 5.78. The number of carbonyl (C=O) groups excluding carboxylic acids is 1. The maximum Gasteiger partial charge on any atom is 0.175 e. The van der Waals surface area contributed by atoms with Crippen molar-refractivity contribution in [1.82, 2.24) is 0 Å². The summed E-state index contributed by atoms with van der Waals surface area (Å²) in [5.41, 5.74) is 1.05. The number of thiophene rings is 1. The van der Waals surface area contributed by atoms with Gasteiger partial charge in [-0.15, -0.1) is 11.3 Å². The Morgan fingerprint density at radius 3 is 2.50 bits per heavy atom. The van der Waals surface area contributed by atoms with Crippen LogP contribution in [0.3, 0.4) is 0 Å². The molecule has 78 valence electrons. The monoisotopic (exact) mass is 211 g/mol. The van der Waals surface area contributed by atoms with Crippen LogP contribution in [0, 0.1) is 5.92 Å². The fourth-order valence-electron chi connectivity index (χ4n) is 1.16. The predicted octanol–water partition coefficient (Wildman–Crippen LogP) is 3.41. The van der Waals surface area contributed by atoms with Crippen molar-refractivity contribution in [1.29, 1.82) is 0 Å². The molecule has 0 amide bonds. The van der Waals surface area contributed by atoms with Gasteiger partial charge in [0, 0.05) is 23.0 Å². The van der Waals surface area contributed by atoms with Gasteiger partial charge in [-0.25, -0.2) is 0 Å². The first kappa shape index (κ1) is 11.2. The van der Waals surface area contributed by atoms with Crippen LogP contribution in [0.4, 0.5) is 5.69 Å². The fraction of sp³-hybridized carbons (Fsp3) is 0.545. The second-order valence-electron chi connectivity index (χ2n) is 4.02. The Labute approximate surface area is 89.3 Å². The van der Waals surface area contributed by atoms with E-state index in [1.54, 1.807) is 0 Å². The minimum Gasteiger partial charge on any atom is -0.382 e. The highest BCUT2D eigenvalue weighted by Gasteiger charge is 2.12. The van der Waals surface area contributed by atoms with Crippen LogP contribution in [0.1, 0.15) is 37.4 Å². The molecule has 1 N–H and O–H groups in total. The zero-order chi connectivity index (χ0) is 10.7. The zero-order valence-electron chi connectivity index (χ0n) is 9.13. The molecule has 0 unspecified atom stereocenters. The topological polar surface area (TPSA) is 29.1 Å². The van der Waals surface area contributed by atoms with E-state index in [9.17, 15) is 4.79 Å². The van der Waals surface area contributed by atoms with Crippen molar-refractivity contribution in [3.05, 3.63) is 16.3 Å². The number of ketones is 1. The molecule has 1 heterocycles. The molecular formula is C11H17NOS. The number of nitrogens with one attached hydrogen (secondary N) is 1. The van der Waals surface area contributed by atoms with E-state index in [0.717, 1.165) is 10.6 Å². The van der Waals surface area contributed by atoms with E-state index < -0.39 is 0 Å². The van der Waals surface area contributed by atoms with Crippen LogP contribution in [0.5, 0.6) is 0 Å². The summed E-state index contributed by atoms with van der Waals surface area (Å²) in [4.78, 5) is 12.5. The molecule has 1 aromatic rings. The molecule has 0 radical (unpaired) electrons. The largest absolute Gasteiger partial charge is 0.382 e. The van der Waals surface area contributed by atoms with Gasteiger partial charge in [0.2, 0.25) is 0 Å². The Morgan fingerprint density at radius 2 is 2.00 bits per heavy atom. The molecule has 0 saturated heterocycles. The maximum absolute atomic E-state index is 11.6.